The fraction of sp³-hybridized carbons (Fsp3) is 0.692. The SMILES string of the molecule is COCCOCC(=O)N[C@@H](c1nccn1C)C(C)C. The lowest BCUT2D eigenvalue weighted by Gasteiger charge is -2.22. The second-order valence-corrected chi connectivity index (χ2v) is 4.73. The predicted molar refractivity (Wildman–Crippen MR) is 71.6 cm³/mol. The molecule has 0 aliphatic rings. The molecule has 0 spiro atoms. The predicted octanol–water partition coefficient (Wildman–Crippen LogP) is 0.896. The van der Waals surface area contributed by atoms with Crippen LogP contribution >= 0.6 is 0 Å². The van der Waals surface area contributed by atoms with Gasteiger partial charge in [-0.15, -0.1) is 0 Å². The molecular weight excluding hydrogens is 246 g/mol. The number of amides is 1. The highest BCUT2D eigenvalue weighted by Crippen LogP contribution is 2.19. The first-order valence-corrected chi connectivity index (χ1v) is 6.39. The molecule has 0 bridgehead atoms. The molecule has 1 rings (SSSR count). The van der Waals surface area contributed by atoms with E-state index in [9.17, 15) is 4.79 Å². The molecule has 1 aromatic rings. The summed E-state index contributed by atoms with van der Waals surface area (Å²) >= 11 is 0. The van der Waals surface area contributed by atoms with Crippen LogP contribution in [-0.2, 0) is 21.3 Å². The van der Waals surface area contributed by atoms with Crippen molar-refractivity contribution in [2.24, 2.45) is 13.0 Å². The summed E-state index contributed by atoms with van der Waals surface area (Å²) in [5.74, 6) is 0.960. The van der Waals surface area contributed by atoms with E-state index in [1.807, 2.05) is 31.7 Å². The van der Waals surface area contributed by atoms with Crippen molar-refractivity contribution in [1.29, 1.82) is 0 Å². The summed E-state index contributed by atoms with van der Waals surface area (Å²) in [6.07, 6.45) is 3.60. The number of carbonyl (C=O) groups is 1. The third kappa shape index (κ3) is 5.00. The molecule has 0 saturated heterocycles. The van der Waals surface area contributed by atoms with Crippen LogP contribution in [0.1, 0.15) is 25.7 Å². The quantitative estimate of drug-likeness (QED) is 0.712. The van der Waals surface area contributed by atoms with Gasteiger partial charge >= 0.3 is 0 Å². The second kappa shape index (κ2) is 7.91. The van der Waals surface area contributed by atoms with Crippen LogP contribution in [0.4, 0.5) is 0 Å². The molecule has 1 N–H and O–H groups in total. The molecule has 6 heteroatoms. The third-order valence-electron chi connectivity index (χ3n) is 2.78. The van der Waals surface area contributed by atoms with Crippen molar-refractivity contribution in [2.45, 2.75) is 19.9 Å². The Bertz CT molecular complexity index is 390. The van der Waals surface area contributed by atoms with E-state index in [1.165, 1.54) is 0 Å². The molecule has 19 heavy (non-hydrogen) atoms. The van der Waals surface area contributed by atoms with Gasteiger partial charge in [-0.05, 0) is 5.92 Å². The summed E-state index contributed by atoms with van der Waals surface area (Å²) in [4.78, 5) is 16.1. The van der Waals surface area contributed by atoms with Crippen LogP contribution < -0.4 is 5.32 Å². The maximum Gasteiger partial charge on any atom is 0.246 e. The summed E-state index contributed by atoms with van der Waals surface area (Å²) in [5.41, 5.74) is 0. The zero-order valence-corrected chi connectivity index (χ0v) is 12.0. The van der Waals surface area contributed by atoms with Crippen molar-refractivity contribution < 1.29 is 14.3 Å². The molecule has 108 valence electrons. The standard InChI is InChI=1S/C13H23N3O3/c1-10(2)12(13-14-5-6-16(13)3)15-11(17)9-19-8-7-18-4/h5-6,10,12H,7-9H2,1-4H3,(H,15,17)/t12-/m1/s1. The normalized spacial score (nSPS) is 12.7. The van der Waals surface area contributed by atoms with Crippen molar-refractivity contribution in [3.8, 4) is 0 Å². The Balaban J connectivity index is 2.51. The van der Waals surface area contributed by atoms with Gasteiger partial charge in [-0.2, -0.15) is 0 Å². The van der Waals surface area contributed by atoms with Crippen molar-refractivity contribution in [1.82, 2.24) is 14.9 Å². The van der Waals surface area contributed by atoms with Gasteiger partial charge in [-0.1, -0.05) is 13.8 Å². The first-order chi connectivity index (χ1) is 9.06. The maximum absolute atomic E-state index is 11.8. The van der Waals surface area contributed by atoms with Gasteiger partial charge in [0, 0.05) is 26.6 Å². The van der Waals surface area contributed by atoms with Crippen LogP contribution in [0.3, 0.4) is 0 Å². The van der Waals surface area contributed by atoms with Crippen molar-refractivity contribution >= 4 is 5.91 Å². The Labute approximate surface area is 114 Å². The highest BCUT2D eigenvalue weighted by Gasteiger charge is 2.21. The number of rotatable bonds is 8. The smallest absolute Gasteiger partial charge is 0.246 e. The first kappa shape index (κ1) is 15.7. The molecule has 0 fully saturated rings. The van der Waals surface area contributed by atoms with E-state index >= 15 is 0 Å². The monoisotopic (exact) mass is 269 g/mol. The topological polar surface area (TPSA) is 65.4 Å². The molecule has 1 heterocycles. The van der Waals surface area contributed by atoms with Crippen LogP contribution in [0.2, 0.25) is 0 Å². The first-order valence-electron chi connectivity index (χ1n) is 6.39. The fourth-order valence-electron chi connectivity index (χ4n) is 1.73. The number of aryl methyl sites for hydroxylation is 1. The molecule has 0 aliphatic carbocycles. The number of hydrogen-bond acceptors (Lipinski definition) is 4. The Kier molecular flexibility index (Phi) is 6.52. The summed E-state index contributed by atoms with van der Waals surface area (Å²) in [7, 11) is 3.51. The van der Waals surface area contributed by atoms with E-state index in [0.29, 0.717) is 13.2 Å². The number of methoxy groups -OCH3 is 1. The zero-order valence-electron chi connectivity index (χ0n) is 12.0. The number of hydrogen-bond donors (Lipinski definition) is 1. The summed E-state index contributed by atoms with van der Waals surface area (Å²) in [6, 6.07) is -0.112. The molecule has 0 radical (unpaired) electrons. The van der Waals surface area contributed by atoms with Gasteiger partial charge in [0.25, 0.3) is 0 Å². The minimum Gasteiger partial charge on any atom is -0.382 e. The minimum atomic E-state index is -0.141. The van der Waals surface area contributed by atoms with Gasteiger partial charge in [0.1, 0.15) is 12.4 Å². The number of carbonyl (C=O) groups excluding carboxylic acids is 1. The van der Waals surface area contributed by atoms with Crippen LogP contribution in [0.15, 0.2) is 12.4 Å². The van der Waals surface area contributed by atoms with E-state index in [1.54, 1.807) is 13.3 Å². The van der Waals surface area contributed by atoms with Crippen LogP contribution in [0.25, 0.3) is 0 Å². The Morgan fingerprint density at radius 2 is 2.21 bits per heavy atom. The molecule has 1 aromatic heterocycles. The molecule has 6 nitrogen and oxygen atoms in total. The summed E-state index contributed by atoms with van der Waals surface area (Å²) in [6.45, 7) is 5.03. The molecule has 0 saturated carbocycles. The van der Waals surface area contributed by atoms with E-state index in [-0.39, 0.29) is 24.5 Å². The summed E-state index contributed by atoms with van der Waals surface area (Å²) < 4.78 is 12.0. The highest BCUT2D eigenvalue weighted by atomic mass is 16.5. The van der Waals surface area contributed by atoms with Gasteiger partial charge in [-0.25, -0.2) is 4.98 Å². The lowest BCUT2D eigenvalue weighted by atomic mass is 10.0. The van der Waals surface area contributed by atoms with Crippen molar-refractivity contribution in [2.75, 3.05) is 26.9 Å². The van der Waals surface area contributed by atoms with Gasteiger partial charge in [-0.3, -0.25) is 4.79 Å². The molecule has 1 amide bonds. The highest BCUT2D eigenvalue weighted by molar-refractivity contribution is 5.77. The average Bonchev–Trinajstić information content (AvgIpc) is 2.77. The lowest BCUT2D eigenvalue weighted by Crippen LogP contribution is -2.36. The van der Waals surface area contributed by atoms with Crippen LogP contribution in [-0.4, -0.2) is 42.4 Å². The molecular formula is C13H23N3O3. The third-order valence-corrected chi connectivity index (χ3v) is 2.78. The fourth-order valence-corrected chi connectivity index (χ4v) is 1.73. The van der Waals surface area contributed by atoms with E-state index in [4.69, 9.17) is 9.47 Å². The summed E-state index contributed by atoms with van der Waals surface area (Å²) in [5, 5.41) is 2.95. The van der Waals surface area contributed by atoms with Crippen LogP contribution in [0.5, 0.6) is 0 Å². The maximum atomic E-state index is 11.8. The molecule has 0 unspecified atom stereocenters. The second-order valence-electron chi connectivity index (χ2n) is 4.73. The Morgan fingerprint density at radius 1 is 1.47 bits per heavy atom. The van der Waals surface area contributed by atoms with Crippen molar-refractivity contribution in [3.05, 3.63) is 18.2 Å². The van der Waals surface area contributed by atoms with Crippen molar-refractivity contribution in [3.63, 3.8) is 0 Å². The molecule has 1 atom stereocenters. The van der Waals surface area contributed by atoms with Gasteiger partial charge < -0.3 is 19.4 Å². The lowest BCUT2D eigenvalue weighted by molar-refractivity contribution is -0.127. The molecule has 0 aromatic carbocycles. The van der Waals surface area contributed by atoms with E-state index in [0.717, 1.165) is 5.82 Å². The number of nitrogens with one attached hydrogen (secondary N) is 1. The van der Waals surface area contributed by atoms with Crippen LogP contribution in [0, 0.1) is 5.92 Å². The van der Waals surface area contributed by atoms with Gasteiger partial charge in [0.15, 0.2) is 0 Å². The Morgan fingerprint density at radius 3 is 2.74 bits per heavy atom. The van der Waals surface area contributed by atoms with E-state index < -0.39 is 0 Å². The van der Waals surface area contributed by atoms with E-state index in [2.05, 4.69) is 10.3 Å². The minimum absolute atomic E-state index is 0.0387. The Hall–Kier alpha value is -1.40. The number of imidazole rings is 1. The largest absolute Gasteiger partial charge is 0.382 e. The number of ether oxygens (including phenoxy) is 2. The molecule has 0 aliphatic heterocycles. The number of nitrogens with zero attached hydrogens (tertiary/aromatic N) is 2. The van der Waals surface area contributed by atoms with Gasteiger partial charge in [0.05, 0.1) is 19.3 Å². The number of aromatic nitrogens is 2. The average molecular weight is 269 g/mol. The van der Waals surface area contributed by atoms with Gasteiger partial charge in [0.2, 0.25) is 5.91 Å². The zero-order chi connectivity index (χ0) is 14.3.